The van der Waals surface area contributed by atoms with E-state index in [-0.39, 0.29) is 5.54 Å². The molecule has 0 N–H and O–H groups in total. The van der Waals surface area contributed by atoms with Crippen LogP contribution in [0.25, 0.3) is 0 Å². The van der Waals surface area contributed by atoms with E-state index < -0.39 is 0 Å². The number of rotatable bonds is 5. The van der Waals surface area contributed by atoms with Crippen LogP contribution in [0.2, 0.25) is 0 Å². The van der Waals surface area contributed by atoms with Crippen LogP contribution in [0.5, 0.6) is 5.75 Å². The van der Waals surface area contributed by atoms with Crippen molar-refractivity contribution >= 4 is 12.6 Å². The highest BCUT2D eigenvalue weighted by atomic mass is 16.5. The molecular formula is C14H18N2O. The maximum Gasteiger partial charge on any atom is 0.120 e. The van der Waals surface area contributed by atoms with Gasteiger partial charge in [0.2, 0.25) is 0 Å². The number of unbranched alkanes of at least 4 members (excludes halogenated alkanes) is 1. The highest BCUT2D eigenvalue weighted by Gasteiger charge is 2.25. The van der Waals surface area contributed by atoms with Crippen LogP contribution >= 0.6 is 0 Å². The molecule has 0 fully saturated rings. The lowest BCUT2D eigenvalue weighted by Gasteiger charge is -2.17. The Kier molecular flexibility index (Phi) is 3.57. The molecule has 1 aliphatic rings. The molecular weight excluding hydrogens is 212 g/mol. The molecule has 0 amide bonds. The summed E-state index contributed by atoms with van der Waals surface area (Å²) in [5.74, 6) is 0.921. The van der Waals surface area contributed by atoms with Crippen molar-refractivity contribution in [2.45, 2.75) is 32.2 Å². The largest absolute Gasteiger partial charge is 0.494 e. The van der Waals surface area contributed by atoms with Crippen molar-refractivity contribution in [3.63, 3.8) is 0 Å². The van der Waals surface area contributed by atoms with Crippen LogP contribution in [0.4, 0.5) is 0 Å². The number of aliphatic imine (C=N–C) groups is 2. The first-order valence-corrected chi connectivity index (χ1v) is 6.06. The average molecular weight is 230 g/mol. The molecule has 3 nitrogen and oxygen atoms in total. The minimum Gasteiger partial charge on any atom is -0.494 e. The van der Waals surface area contributed by atoms with E-state index >= 15 is 0 Å². The molecule has 3 heteroatoms. The van der Waals surface area contributed by atoms with Crippen molar-refractivity contribution in [2.75, 3.05) is 6.61 Å². The summed E-state index contributed by atoms with van der Waals surface area (Å²) >= 11 is 0. The van der Waals surface area contributed by atoms with Crippen LogP contribution in [0.1, 0.15) is 32.3 Å². The van der Waals surface area contributed by atoms with E-state index in [1.807, 2.05) is 25.3 Å². The summed E-state index contributed by atoms with van der Waals surface area (Å²) < 4.78 is 5.62. The quantitative estimate of drug-likeness (QED) is 0.715. The Morgan fingerprint density at radius 3 is 2.59 bits per heavy atom. The van der Waals surface area contributed by atoms with Gasteiger partial charge in [0.05, 0.1) is 6.61 Å². The van der Waals surface area contributed by atoms with E-state index in [0.29, 0.717) is 0 Å². The molecule has 0 spiro atoms. The molecule has 1 heterocycles. The number of nitrogens with zero attached hydrogens (tertiary/aromatic N) is 2. The van der Waals surface area contributed by atoms with Crippen LogP contribution in [-0.2, 0) is 5.54 Å². The minimum absolute atomic E-state index is 0.304. The van der Waals surface area contributed by atoms with Gasteiger partial charge in [0.1, 0.15) is 17.6 Å². The van der Waals surface area contributed by atoms with Gasteiger partial charge in [0.25, 0.3) is 0 Å². The molecule has 1 atom stereocenters. The van der Waals surface area contributed by atoms with E-state index in [2.05, 4.69) is 29.0 Å². The Morgan fingerprint density at radius 1 is 1.24 bits per heavy atom. The monoisotopic (exact) mass is 230 g/mol. The molecule has 0 saturated heterocycles. The van der Waals surface area contributed by atoms with Crippen molar-refractivity contribution in [3.8, 4) is 5.75 Å². The summed E-state index contributed by atoms with van der Waals surface area (Å²) in [6.07, 6.45) is 5.71. The summed E-state index contributed by atoms with van der Waals surface area (Å²) in [6, 6.07) is 8.10. The Labute approximate surface area is 102 Å². The topological polar surface area (TPSA) is 34.0 Å². The van der Waals surface area contributed by atoms with E-state index in [4.69, 9.17) is 4.74 Å². The van der Waals surface area contributed by atoms with Crippen LogP contribution in [0.3, 0.4) is 0 Å². The Bertz CT molecular complexity index is 408. The molecule has 1 aliphatic heterocycles. The van der Waals surface area contributed by atoms with E-state index in [0.717, 1.165) is 30.8 Å². The highest BCUT2D eigenvalue weighted by molar-refractivity contribution is 5.86. The van der Waals surface area contributed by atoms with Gasteiger partial charge in [-0.05, 0) is 31.0 Å². The second-order valence-electron chi connectivity index (χ2n) is 4.40. The zero-order chi connectivity index (χ0) is 12.1. The SMILES string of the molecule is CCCCOc1ccc(C2(C)C=NC=N2)cc1. The third-order valence-corrected chi connectivity index (χ3v) is 2.92. The molecule has 1 aromatic carbocycles. The first-order valence-electron chi connectivity index (χ1n) is 6.06. The zero-order valence-electron chi connectivity index (χ0n) is 10.4. The van der Waals surface area contributed by atoms with Crippen LogP contribution in [0, 0.1) is 0 Å². The molecule has 1 aromatic rings. The molecule has 0 bridgehead atoms. The summed E-state index contributed by atoms with van der Waals surface area (Å²) in [6.45, 7) is 4.99. The molecule has 0 aromatic heterocycles. The maximum atomic E-state index is 5.62. The Balaban J connectivity index is 2.03. The minimum atomic E-state index is -0.304. The number of ether oxygens (including phenoxy) is 1. The third kappa shape index (κ3) is 2.73. The standard InChI is InChI=1S/C14H18N2O/c1-3-4-9-17-13-7-5-12(6-8-13)14(2)10-15-11-16-14/h5-8,10-11H,3-4,9H2,1-2H3. The zero-order valence-corrected chi connectivity index (χ0v) is 10.4. The molecule has 0 aliphatic carbocycles. The van der Waals surface area contributed by atoms with Gasteiger partial charge < -0.3 is 4.74 Å². The first-order chi connectivity index (χ1) is 8.24. The molecule has 90 valence electrons. The van der Waals surface area contributed by atoms with E-state index in [1.165, 1.54) is 0 Å². The summed E-state index contributed by atoms with van der Waals surface area (Å²) in [7, 11) is 0. The lowest BCUT2D eigenvalue weighted by atomic mass is 9.95. The summed E-state index contributed by atoms with van der Waals surface area (Å²) in [5.41, 5.74) is 0.833. The van der Waals surface area contributed by atoms with Gasteiger partial charge in [-0.3, -0.25) is 4.99 Å². The molecule has 0 radical (unpaired) electrons. The summed E-state index contributed by atoms with van der Waals surface area (Å²) in [5, 5.41) is 0. The second-order valence-corrected chi connectivity index (χ2v) is 4.40. The third-order valence-electron chi connectivity index (χ3n) is 2.92. The van der Waals surface area contributed by atoms with Crippen LogP contribution < -0.4 is 4.74 Å². The number of hydrogen-bond acceptors (Lipinski definition) is 3. The molecule has 17 heavy (non-hydrogen) atoms. The van der Waals surface area contributed by atoms with Gasteiger partial charge in [0, 0.05) is 6.21 Å². The normalized spacial score (nSPS) is 22.0. The van der Waals surface area contributed by atoms with Crippen molar-refractivity contribution < 1.29 is 4.74 Å². The Hall–Kier alpha value is -1.64. The fourth-order valence-corrected chi connectivity index (χ4v) is 1.74. The van der Waals surface area contributed by atoms with Gasteiger partial charge >= 0.3 is 0 Å². The number of hydrogen-bond donors (Lipinski definition) is 0. The van der Waals surface area contributed by atoms with Gasteiger partial charge in [-0.25, -0.2) is 4.99 Å². The van der Waals surface area contributed by atoms with Crippen LogP contribution in [-0.4, -0.2) is 19.2 Å². The van der Waals surface area contributed by atoms with Crippen LogP contribution in [0.15, 0.2) is 34.3 Å². The highest BCUT2D eigenvalue weighted by Crippen LogP contribution is 2.27. The van der Waals surface area contributed by atoms with Gasteiger partial charge in [-0.15, -0.1) is 0 Å². The lowest BCUT2D eigenvalue weighted by molar-refractivity contribution is 0.309. The van der Waals surface area contributed by atoms with Crippen molar-refractivity contribution in [1.29, 1.82) is 0 Å². The maximum absolute atomic E-state index is 5.62. The smallest absolute Gasteiger partial charge is 0.120 e. The van der Waals surface area contributed by atoms with Gasteiger partial charge in [-0.2, -0.15) is 0 Å². The predicted octanol–water partition coefficient (Wildman–Crippen LogP) is 3.19. The lowest BCUT2D eigenvalue weighted by Crippen LogP contribution is -2.17. The molecule has 1 unspecified atom stereocenters. The average Bonchev–Trinajstić information content (AvgIpc) is 2.79. The van der Waals surface area contributed by atoms with Crippen molar-refractivity contribution in [3.05, 3.63) is 29.8 Å². The van der Waals surface area contributed by atoms with E-state index in [1.54, 1.807) is 6.34 Å². The number of benzene rings is 1. The van der Waals surface area contributed by atoms with Gasteiger partial charge in [0.15, 0.2) is 0 Å². The molecule has 0 saturated carbocycles. The predicted molar refractivity (Wildman–Crippen MR) is 71.2 cm³/mol. The summed E-state index contributed by atoms with van der Waals surface area (Å²) in [4.78, 5) is 8.40. The first kappa shape index (κ1) is 11.8. The van der Waals surface area contributed by atoms with Crippen molar-refractivity contribution in [2.24, 2.45) is 9.98 Å². The van der Waals surface area contributed by atoms with Crippen molar-refractivity contribution in [1.82, 2.24) is 0 Å². The van der Waals surface area contributed by atoms with Gasteiger partial charge in [-0.1, -0.05) is 25.5 Å². The van der Waals surface area contributed by atoms with E-state index in [9.17, 15) is 0 Å². The second kappa shape index (κ2) is 5.13. The Morgan fingerprint density at radius 2 is 2.00 bits per heavy atom. The fraction of sp³-hybridized carbons (Fsp3) is 0.429. The molecule has 2 rings (SSSR count). The fourth-order valence-electron chi connectivity index (χ4n) is 1.74.